The van der Waals surface area contributed by atoms with Crippen LogP contribution in [0.4, 0.5) is 5.13 Å². The van der Waals surface area contributed by atoms with Gasteiger partial charge in [-0.15, -0.1) is 10.2 Å². The number of hydrogen-bond donors (Lipinski definition) is 1. The monoisotopic (exact) mass is 430 g/mol. The predicted octanol–water partition coefficient (Wildman–Crippen LogP) is 3.63. The topological polar surface area (TPSA) is 94.0 Å². The van der Waals surface area contributed by atoms with Gasteiger partial charge in [-0.05, 0) is 24.6 Å². The van der Waals surface area contributed by atoms with Gasteiger partial charge in [0.2, 0.25) is 5.13 Å². The van der Waals surface area contributed by atoms with Crippen LogP contribution >= 0.6 is 34.4 Å². The molecule has 0 aliphatic rings. The van der Waals surface area contributed by atoms with E-state index in [1.165, 1.54) is 35.2 Å². The zero-order chi connectivity index (χ0) is 18.9. The number of aryl methyl sites for hydroxylation is 1. The van der Waals surface area contributed by atoms with E-state index < -0.39 is 10.0 Å². The molecule has 2 heterocycles. The van der Waals surface area contributed by atoms with E-state index in [-0.39, 0.29) is 14.9 Å². The van der Waals surface area contributed by atoms with E-state index >= 15 is 0 Å². The fourth-order valence-corrected chi connectivity index (χ4v) is 6.59. The highest BCUT2D eigenvalue weighted by atomic mass is 32.2. The standard InChI is InChI=1S/C15H18N4O3S4/c1-4-7-19-11-6-5-10(8-12(11)24-15(19)20)26(21,22)18-13-16-17-14(25-13)23-9(2)3/h5-6,8-9H,4,7H2,1-3H3,(H,16,18). The summed E-state index contributed by atoms with van der Waals surface area (Å²) in [6.45, 7) is 6.67. The van der Waals surface area contributed by atoms with Crippen molar-refractivity contribution in [2.75, 3.05) is 4.72 Å². The van der Waals surface area contributed by atoms with Crippen molar-refractivity contribution in [2.24, 2.45) is 0 Å². The van der Waals surface area contributed by atoms with Crippen molar-refractivity contribution in [1.29, 1.82) is 0 Å². The highest BCUT2D eigenvalue weighted by Gasteiger charge is 2.19. The van der Waals surface area contributed by atoms with Crippen molar-refractivity contribution in [3.05, 3.63) is 27.9 Å². The lowest BCUT2D eigenvalue weighted by molar-refractivity contribution is 0.601. The maximum absolute atomic E-state index is 12.6. The zero-order valence-corrected chi connectivity index (χ0v) is 17.7. The third-order valence-electron chi connectivity index (χ3n) is 3.36. The van der Waals surface area contributed by atoms with E-state index in [0.717, 1.165) is 23.3 Å². The summed E-state index contributed by atoms with van der Waals surface area (Å²) >= 11 is 3.78. The SMILES string of the molecule is CCCn1c(=O)sc2cc(S(=O)(=O)Nc3nnc(SC(C)C)s3)ccc21. The smallest absolute Gasteiger partial charge is 0.299 e. The van der Waals surface area contributed by atoms with Crippen molar-refractivity contribution in [1.82, 2.24) is 14.8 Å². The second kappa shape index (κ2) is 7.67. The molecule has 2 aromatic heterocycles. The van der Waals surface area contributed by atoms with Gasteiger partial charge in [-0.2, -0.15) is 0 Å². The molecular formula is C15H18N4O3S4. The van der Waals surface area contributed by atoms with Crippen LogP contribution < -0.4 is 9.60 Å². The fraction of sp³-hybridized carbons (Fsp3) is 0.400. The van der Waals surface area contributed by atoms with Gasteiger partial charge in [-0.3, -0.25) is 14.1 Å². The van der Waals surface area contributed by atoms with E-state index in [0.29, 0.717) is 20.8 Å². The molecule has 0 saturated carbocycles. The van der Waals surface area contributed by atoms with Crippen LogP contribution in [0, 0.1) is 0 Å². The quantitative estimate of drug-likeness (QED) is 0.575. The van der Waals surface area contributed by atoms with Crippen molar-refractivity contribution in [3.8, 4) is 0 Å². The fourth-order valence-electron chi connectivity index (χ4n) is 2.32. The number of thioether (sulfide) groups is 1. The maximum Gasteiger partial charge on any atom is 0.308 e. The lowest BCUT2D eigenvalue weighted by atomic mass is 10.3. The summed E-state index contributed by atoms with van der Waals surface area (Å²) in [6.07, 6.45) is 0.834. The Morgan fingerprint density at radius 3 is 2.73 bits per heavy atom. The van der Waals surface area contributed by atoms with Gasteiger partial charge in [0, 0.05) is 11.8 Å². The first kappa shape index (κ1) is 19.3. The number of sulfonamides is 1. The van der Waals surface area contributed by atoms with Crippen molar-refractivity contribution < 1.29 is 8.42 Å². The summed E-state index contributed by atoms with van der Waals surface area (Å²) < 4.78 is 30.8. The first-order chi connectivity index (χ1) is 12.3. The summed E-state index contributed by atoms with van der Waals surface area (Å²) in [7, 11) is -3.79. The molecule has 7 nitrogen and oxygen atoms in total. The number of rotatable bonds is 7. The van der Waals surface area contributed by atoms with Gasteiger partial charge in [0.15, 0.2) is 4.34 Å². The van der Waals surface area contributed by atoms with Crippen LogP contribution in [-0.2, 0) is 16.6 Å². The number of nitrogens with zero attached hydrogens (tertiary/aromatic N) is 3. The minimum atomic E-state index is -3.79. The summed E-state index contributed by atoms with van der Waals surface area (Å²) in [5.41, 5.74) is 0.757. The van der Waals surface area contributed by atoms with Gasteiger partial charge in [-0.25, -0.2) is 8.42 Å². The van der Waals surface area contributed by atoms with Crippen molar-refractivity contribution >= 4 is 59.8 Å². The first-order valence-electron chi connectivity index (χ1n) is 7.96. The van der Waals surface area contributed by atoms with E-state index in [2.05, 4.69) is 14.9 Å². The van der Waals surface area contributed by atoms with Crippen LogP contribution in [0.1, 0.15) is 27.2 Å². The van der Waals surface area contributed by atoms with Gasteiger partial charge >= 0.3 is 4.87 Å². The normalized spacial score (nSPS) is 12.2. The molecule has 0 atom stereocenters. The number of aromatic nitrogens is 3. The van der Waals surface area contributed by atoms with Crippen molar-refractivity contribution in [2.45, 2.75) is 48.2 Å². The molecule has 0 saturated heterocycles. The predicted molar refractivity (Wildman–Crippen MR) is 108 cm³/mol. The lowest BCUT2D eigenvalue weighted by Gasteiger charge is -2.05. The summed E-state index contributed by atoms with van der Waals surface area (Å²) in [5, 5.41) is 8.44. The van der Waals surface area contributed by atoms with Gasteiger partial charge < -0.3 is 0 Å². The number of hydrogen-bond acceptors (Lipinski definition) is 8. The highest BCUT2D eigenvalue weighted by molar-refractivity contribution is 8.01. The molecule has 3 rings (SSSR count). The van der Waals surface area contributed by atoms with Crippen LogP contribution in [0.3, 0.4) is 0 Å². The molecule has 1 N–H and O–H groups in total. The number of anilines is 1. The highest BCUT2D eigenvalue weighted by Crippen LogP contribution is 2.30. The van der Waals surface area contributed by atoms with Gasteiger partial charge in [0.1, 0.15) is 0 Å². The van der Waals surface area contributed by atoms with Crippen LogP contribution in [-0.4, -0.2) is 28.4 Å². The van der Waals surface area contributed by atoms with E-state index in [1.54, 1.807) is 10.6 Å². The Morgan fingerprint density at radius 1 is 1.27 bits per heavy atom. The van der Waals surface area contributed by atoms with Crippen LogP contribution in [0.5, 0.6) is 0 Å². The largest absolute Gasteiger partial charge is 0.308 e. The second-order valence-corrected chi connectivity index (χ2v) is 11.3. The van der Waals surface area contributed by atoms with Gasteiger partial charge in [-0.1, -0.05) is 55.2 Å². The lowest BCUT2D eigenvalue weighted by Crippen LogP contribution is -2.13. The number of nitrogens with one attached hydrogen (secondary N) is 1. The third kappa shape index (κ3) is 4.11. The van der Waals surface area contributed by atoms with Crippen LogP contribution in [0.2, 0.25) is 0 Å². The van der Waals surface area contributed by atoms with Crippen LogP contribution in [0.25, 0.3) is 10.2 Å². The number of fused-ring (bicyclic) bond motifs is 1. The Kier molecular flexibility index (Phi) is 5.70. The molecule has 0 spiro atoms. The molecule has 0 radical (unpaired) electrons. The van der Waals surface area contributed by atoms with E-state index in [1.807, 2.05) is 20.8 Å². The Balaban J connectivity index is 1.89. The average Bonchev–Trinajstić information content (AvgIpc) is 3.10. The Morgan fingerprint density at radius 2 is 2.04 bits per heavy atom. The molecule has 11 heteroatoms. The minimum Gasteiger partial charge on any atom is -0.299 e. The van der Waals surface area contributed by atoms with Crippen molar-refractivity contribution in [3.63, 3.8) is 0 Å². The molecule has 0 fully saturated rings. The number of benzene rings is 1. The Hall–Kier alpha value is -1.43. The summed E-state index contributed by atoms with van der Waals surface area (Å²) in [5.74, 6) is 0. The van der Waals surface area contributed by atoms with E-state index in [9.17, 15) is 13.2 Å². The molecule has 0 amide bonds. The van der Waals surface area contributed by atoms with E-state index in [4.69, 9.17) is 0 Å². The molecule has 3 aromatic rings. The molecule has 0 aliphatic carbocycles. The Labute approximate surface area is 163 Å². The summed E-state index contributed by atoms with van der Waals surface area (Å²) in [6, 6.07) is 4.71. The zero-order valence-electron chi connectivity index (χ0n) is 14.4. The second-order valence-electron chi connectivity index (χ2n) is 5.79. The maximum atomic E-state index is 12.6. The summed E-state index contributed by atoms with van der Waals surface area (Å²) in [4.78, 5) is 12.1. The molecule has 0 unspecified atom stereocenters. The minimum absolute atomic E-state index is 0.0798. The molecule has 26 heavy (non-hydrogen) atoms. The molecule has 0 bridgehead atoms. The van der Waals surface area contributed by atoms with Gasteiger partial charge in [0.25, 0.3) is 10.0 Å². The first-order valence-corrected chi connectivity index (χ1v) is 12.0. The molecule has 140 valence electrons. The molecule has 1 aromatic carbocycles. The molecule has 0 aliphatic heterocycles. The van der Waals surface area contributed by atoms with Gasteiger partial charge in [0.05, 0.1) is 15.1 Å². The van der Waals surface area contributed by atoms with Crippen LogP contribution in [0.15, 0.2) is 32.2 Å². The third-order valence-corrected chi connectivity index (χ3v) is 7.70. The molecular weight excluding hydrogens is 412 g/mol. The average molecular weight is 431 g/mol. The Bertz CT molecular complexity index is 1080. The number of thiazole rings is 1.